The monoisotopic (exact) mass is 190 g/mol. The molecule has 1 aromatic rings. The van der Waals surface area contributed by atoms with E-state index in [2.05, 4.69) is 0 Å². The lowest BCUT2D eigenvalue weighted by Gasteiger charge is -2.12. The van der Waals surface area contributed by atoms with Gasteiger partial charge in [-0.3, -0.25) is 0 Å². The van der Waals surface area contributed by atoms with Crippen molar-refractivity contribution in [2.24, 2.45) is 17.8 Å². The summed E-state index contributed by atoms with van der Waals surface area (Å²) in [7, 11) is 0. The van der Waals surface area contributed by atoms with Crippen molar-refractivity contribution in [2.75, 3.05) is 13.2 Å². The standard InChI is InChI=1S/C12H14O2/c13-12(8-4-2-1-3-5-8)11-9-6-14-7-10(9)11/h1-5,9-13H,6-7H2. The van der Waals surface area contributed by atoms with Crippen molar-refractivity contribution < 1.29 is 9.84 Å². The van der Waals surface area contributed by atoms with E-state index in [4.69, 9.17) is 4.74 Å². The van der Waals surface area contributed by atoms with Crippen LogP contribution < -0.4 is 0 Å². The molecule has 0 radical (unpaired) electrons. The first-order chi connectivity index (χ1) is 6.88. The Labute approximate surface area is 83.5 Å². The van der Waals surface area contributed by atoms with Crippen molar-refractivity contribution in [1.29, 1.82) is 0 Å². The van der Waals surface area contributed by atoms with Gasteiger partial charge in [0.25, 0.3) is 0 Å². The largest absolute Gasteiger partial charge is 0.388 e. The molecule has 1 aromatic carbocycles. The number of ether oxygens (including phenoxy) is 1. The fourth-order valence-corrected chi connectivity index (χ4v) is 2.62. The summed E-state index contributed by atoms with van der Waals surface area (Å²) >= 11 is 0. The molecule has 1 heterocycles. The van der Waals surface area contributed by atoms with Gasteiger partial charge >= 0.3 is 0 Å². The Kier molecular flexibility index (Phi) is 1.85. The molecule has 74 valence electrons. The number of aliphatic hydroxyl groups excluding tert-OH is 1. The minimum atomic E-state index is -0.282. The topological polar surface area (TPSA) is 29.5 Å². The fraction of sp³-hybridized carbons (Fsp3) is 0.500. The lowest BCUT2D eigenvalue weighted by Crippen LogP contribution is -2.07. The number of hydrogen-bond acceptors (Lipinski definition) is 2. The van der Waals surface area contributed by atoms with Crippen LogP contribution in [0, 0.1) is 17.8 Å². The highest BCUT2D eigenvalue weighted by Gasteiger charge is 2.57. The molecule has 0 bridgehead atoms. The molecule has 1 aliphatic heterocycles. The van der Waals surface area contributed by atoms with Gasteiger partial charge in [-0.1, -0.05) is 30.3 Å². The van der Waals surface area contributed by atoms with Crippen LogP contribution in [0.1, 0.15) is 11.7 Å². The van der Waals surface area contributed by atoms with E-state index in [1.54, 1.807) is 0 Å². The third-order valence-corrected chi connectivity index (χ3v) is 3.52. The lowest BCUT2D eigenvalue weighted by atomic mass is 10.0. The average Bonchev–Trinajstić information content (AvgIpc) is 2.72. The Hall–Kier alpha value is -0.860. The lowest BCUT2D eigenvalue weighted by molar-refractivity contribution is 0.0886. The Morgan fingerprint density at radius 2 is 1.79 bits per heavy atom. The number of hydrogen-bond donors (Lipinski definition) is 1. The molecule has 1 saturated heterocycles. The van der Waals surface area contributed by atoms with Crippen LogP contribution in [0.4, 0.5) is 0 Å². The van der Waals surface area contributed by atoms with E-state index in [0.717, 1.165) is 18.8 Å². The van der Waals surface area contributed by atoms with E-state index in [9.17, 15) is 5.11 Å². The van der Waals surface area contributed by atoms with Crippen LogP contribution in [0.5, 0.6) is 0 Å². The first-order valence-corrected chi connectivity index (χ1v) is 5.18. The molecule has 1 N–H and O–H groups in total. The maximum Gasteiger partial charge on any atom is 0.0825 e. The number of aliphatic hydroxyl groups is 1. The highest BCUT2D eigenvalue weighted by Crippen LogP contribution is 2.56. The molecule has 2 nitrogen and oxygen atoms in total. The zero-order valence-corrected chi connectivity index (χ0v) is 7.97. The van der Waals surface area contributed by atoms with Crippen LogP contribution in [0.2, 0.25) is 0 Å². The van der Waals surface area contributed by atoms with Gasteiger partial charge in [0, 0.05) is 0 Å². The molecule has 2 aliphatic rings. The smallest absolute Gasteiger partial charge is 0.0825 e. The molecular weight excluding hydrogens is 176 g/mol. The van der Waals surface area contributed by atoms with Crippen LogP contribution in [-0.4, -0.2) is 18.3 Å². The molecule has 3 rings (SSSR count). The van der Waals surface area contributed by atoms with Crippen molar-refractivity contribution in [1.82, 2.24) is 0 Å². The minimum absolute atomic E-state index is 0.282. The van der Waals surface area contributed by atoms with Crippen LogP contribution in [0.15, 0.2) is 30.3 Å². The first-order valence-electron chi connectivity index (χ1n) is 5.18. The Balaban J connectivity index is 1.75. The molecule has 3 unspecified atom stereocenters. The second-order valence-electron chi connectivity index (χ2n) is 4.30. The van der Waals surface area contributed by atoms with E-state index in [1.165, 1.54) is 0 Å². The van der Waals surface area contributed by atoms with Crippen molar-refractivity contribution >= 4 is 0 Å². The number of fused-ring (bicyclic) bond motifs is 1. The molecule has 2 heteroatoms. The normalized spacial score (nSPS) is 36.5. The highest BCUT2D eigenvalue weighted by atomic mass is 16.5. The highest BCUT2D eigenvalue weighted by molar-refractivity contribution is 5.21. The zero-order chi connectivity index (χ0) is 9.54. The van der Waals surface area contributed by atoms with Crippen molar-refractivity contribution in [3.63, 3.8) is 0 Å². The van der Waals surface area contributed by atoms with Crippen LogP contribution in [0.25, 0.3) is 0 Å². The fourth-order valence-electron chi connectivity index (χ4n) is 2.62. The summed E-state index contributed by atoms with van der Waals surface area (Å²) in [4.78, 5) is 0. The first kappa shape index (κ1) is 8.45. The third kappa shape index (κ3) is 1.18. The van der Waals surface area contributed by atoms with Gasteiger partial charge in [0.05, 0.1) is 19.3 Å². The molecular formula is C12H14O2. The van der Waals surface area contributed by atoms with E-state index >= 15 is 0 Å². The summed E-state index contributed by atoms with van der Waals surface area (Å²) in [5, 5.41) is 10.1. The summed E-state index contributed by atoms with van der Waals surface area (Å²) in [6.07, 6.45) is -0.282. The molecule has 0 amide bonds. The second kappa shape index (κ2) is 3.07. The molecule has 1 saturated carbocycles. The predicted molar refractivity (Wildman–Crippen MR) is 52.7 cm³/mol. The minimum Gasteiger partial charge on any atom is -0.388 e. The van der Waals surface area contributed by atoms with Crippen molar-refractivity contribution in [3.05, 3.63) is 35.9 Å². The van der Waals surface area contributed by atoms with E-state index in [-0.39, 0.29) is 6.10 Å². The van der Waals surface area contributed by atoms with Gasteiger partial charge in [-0.05, 0) is 23.3 Å². The number of rotatable bonds is 2. The van der Waals surface area contributed by atoms with Gasteiger partial charge in [-0.25, -0.2) is 0 Å². The molecule has 0 spiro atoms. The molecule has 3 atom stereocenters. The summed E-state index contributed by atoms with van der Waals surface area (Å²) in [6, 6.07) is 9.94. The van der Waals surface area contributed by atoms with E-state index in [1.807, 2.05) is 30.3 Å². The van der Waals surface area contributed by atoms with Gasteiger partial charge in [0.1, 0.15) is 0 Å². The SMILES string of the molecule is OC(c1ccccc1)C1C2COCC21. The Morgan fingerprint density at radius 3 is 2.43 bits per heavy atom. The summed E-state index contributed by atoms with van der Waals surface area (Å²) in [5.74, 6) is 1.68. The number of benzene rings is 1. The molecule has 0 aromatic heterocycles. The summed E-state index contributed by atoms with van der Waals surface area (Å²) in [5.41, 5.74) is 1.05. The molecule has 1 aliphatic carbocycles. The van der Waals surface area contributed by atoms with Crippen LogP contribution in [0.3, 0.4) is 0 Å². The van der Waals surface area contributed by atoms with E-state index < -0.39 is 0 Å². The maximum atomic E-state index is 10.1. The van der Waals surface area contributed by atoms with E-state index in [0.29, 0.717) is 17.8 Å². The van der Waals surface area contributed by atoms with Crippen LogP contribution in [-0.2, 0) is 4.74 Å². The van der Waals surface area contributed by atoms with Gasteiger partial charge in [-0.15, -0.1) is 0 Å². The Bertz CT molecular complexity index is 312. The molecule has 14 heavy (non-hydrogen) atoms. The van der Waals surface area contributed by atoms with Crippen molar-refractivity contribution in [2.45, 2.75) is 6.10 Å². The van der Waals surface area contributed by atoms with Crippen molar-refractivity contribution in [3.8, 4) is 0 Å². The van der Waals surface area contributed by atoms with Crippen LogP contribution >= 0.6 is 0 Å². The zero-order valence-electron chi connectivity index (χ0n) is 7.97. The quantitative estimate of drug-likeness (QED) is 0.767. The van der Waals surface area contributed by atoms with Gasteiger partial charge < -0.3 is 9.84 Å². The van der Waals surface area contributed by atoms with Gasteiger partial charge in [-0.2, -0.15) is 0 Å². The predicted octanol–water partition coefficient (Wildman–Crippen LogP) is 1.61. The Morgan fingerprint density at radius 1 is 1.14 bits per heavy atom. The summed E-state index contributed by atoms with van der Waals surface area (Å²) < 4.78 is 5.31. The maximum absolute atomic E-state index is 10.1. The summed E-state index contributed by atoms with van der Waals surface area (Å²) in [6.45, 7) is 1.69. The second-order valence-corrected chi connectivity index (χ2v) is 4.30. The molecule has 2 fully saturated rings. The van der Waals surface area contributed by atoms with Gasteiger partial charge in [0.2, 0.25) is 0 Å². The van der Waals surface area contributed by atoms with Gasteiger partial charge in [0.15, 0.2) is 0 Å². The third-order valence-electron chi connectivity index (χ3n) is 3.52. The average molecular weight is 190 g/mol.